The summed E-state index contributed by atoms with van der Waals surface area (Å²) in [5.41, 5.74) is 2.42. The maximum atomic E-state index is 12.1. The molecule has 5 heteroatoms. The molecule has 22 heavy (non-hydrogen) atoms. The Kier molecular flexibility index (Phi) is 4.06. The van der Waals surface area contributed by atoms with Crippen molar-refractivity contribution in [1.29, 1.82) is 0 Å². The van der Waals surface area contributed by atoms with E-state index in [0.29, 0.717) is 5.69 Å². The third-order valence-electron chi connectivity index (χ3n) is 3.05. The largest absolute Gasteiger partial charge is 0.321 e. The van der Waals surface area contributed by atoms with Gasteiger partial charge in [-0.2, -0.15) is 5.10 Å². The first-order valence-corrected chi connectivity index (χ1v) is 6.81. The minimum Gasteiger partial charge on any atom is -0.321 e. The molecule has 2 aromatic carbocycles. The molecule has 5 nitrogen and oxygen atoms in total. The van der Waals surface area contributed by atoms with E-state index in [1.807, 2.05) is 54.6 Å². The van der Waals surface area contributed by atoms with Gasteiger partial charge in [0.25, 0.3) is 0 Å². The number of amides is 1. The first-order chi connectivity index (χ1) is 10.8. The fraction of sp³-hybridized carbons (Fsp3) is 0. The number of aromatic nitrogens is 3. The fourth-order valence-corrected chi connectivity index (χ4v) is 2.02. The van der Waals surface area contributed by atoms with Crippen LogP contribution in [0.4, 0.5) is 5.69 Å². The molecular weight excluding hydrogens is 276 g/mol. The fourth-order valence-electron chi connectivity index (χ4n) is 2.02. The zero-order valence-corrected chi connectivity index (χ0v) is 11.8. The van der Waals surface area contributed by atoms with Crippen molar-refractivity contribution >= 4 is 17.7 Å². The lowest BCUT2D eigenvalue weighted by atomic mass is 10.2. The summed E-state index contributed by atoms with van der Waals surface area (Å²) >= 11 is 0. The van der Waals surface area contributed by atoms with E-state index in [1.165, 1.54) is 12.4 Å². The van der Waals surface area contributed by atoms with Gasteiger partial charge in [-0.25, -0.2) is 9.67 Å². The summed E-state index contributed by atoms with van der Waals surface area (Å²) < 4.78 is 1.61. The molecule has 0 unspecified atom stereocenters. The minimum absolute atomic E-state index is 0.198. The highest BCUT2D eigenvalue weighted by molar-refractivity contribution is 6.03. The van der Waals surface area contributed by atoms with E-state index in [9.17, 15) is 4.79 Å². The van der Waals surface area contributed by atoms with Crippen molar-refractivity contribution in [2.45, 2.75) is 0 Å². The van der Waals surface area contributed by atoms with Crippen molar-refractivity contribution in [3.63, 3.8) is 0 Å². The van der Waals surface area contributed by atoms with Crippen LogP contribution in [0.15, 0.2) is 73.3 Å². The van der Waals surface area contributed by atoms with Crippen LogP contribution in [0.1, 0.15) is 5.56 Å². The summed E-state index contributed by atoms with van der Waals surface area (Å²) in [4.78, 5) is 16.0. The molecule has 0 aliphatic rings. The summed E-state index contributed by atoms with van der Waals surface area (Å²) in [6, 6.07) is 17.1. The Morgan fingerprint density at radius 2 is 1.82 bits per heavy atom. The Balaban J connectivity index is 1.76. The number of nitrogens with zero attached hydrogens (tertiary/aromatic N) is 3. The second kappa shape index (κ2) is 6.49. The maximum absolute atomic E-state index is 12.1. The van der Waals surface area contributed by atoms with Gasteiger partial charge in [0.15, 0.2) is 0 Å². The smallest absolute Gasteiger partial charge is 0.248 e. The minimum atomic E-state index is -0.198. The SMILES string of the molecule is O=C(/C=C/c1ccccc1)Nc1ccccc1-n1cncn1. The van der Waals surface area contributed by atoms with Crippen molar-refractivity contribution < 1.29 is 4.79 Å². The molecule has 0 aliphatic carbocycles. The van der Waals surface area contributed by atoms with Gasteiger partial charge in [0, 0.05) is 6.08 Å². The van der Waals surface area contributed by atoms with Crippen LogP contribution in [0, 0.1) is 0 Å². The third kappa shape index (κ3) is 3.27. The van der Waals surface area contributed by atoms with Gasteiger partial charge in [-0.05, 0) is 23.8 Å². The Morgan fingerprint density at radius 3 is 2.59 bits per heavy atom. The number of anilines is 1. The Hall–Kier alpha value is -3.21. The Morgan fingerprint density at radius 1 is 1.05 bits per heavy atom. The molecule has 108 valence electrons. The highest BCUT2D eigenvalue weighted by Crippen LogP contribution is 2.18. The standard InChI is InChI=1S/C17H14N4O/c22-17(11-10-14-6-2-1-3-7-14)20-15-8-4-5-9-16(15)21-13-18-12-19-21/h1-13H,(H,20,22)/b11-10+. The summed E-state index contributed by atoms with van der Waals surface area (Å²) in [6.07, 6.45) is 6.32. The van der Waals surface area contributed by atoms with Crippen LogP contribution in [0.3, 0.4) is 0 Å². The lowest BCUT2D eigenvalue weighted by molar-refractivity contribution is -0.111. The topological polar surface area (TPSA) is 59.8 Å². The van der Waals surface area contributed by atoms with Gasteiger partial charge in [-0.1, -0.05) is 42.5 Å². The van der Waals surface area contributed by atoms with Gasteiger partial charge in [-0.15, -0.1) is 0 Å². The number of rotatable bonds is 4. The molecule has 0 fully saturated rings. The molecule has 1 heterocycles. The average Bonchev–Trinajstić information content (AvgIpc) is 3.09. The Labute approximate surface area is 127 Å². The molecule has 0 aliphatic heterocycles. The van der Waals surface area contributed by atoms with Gasteiger partial charge in [0.05, 0.1) is 11.4 Å². The van der Waals surface area contributed by atoms with Gasteiger partial charge < -0.3 is 5.32 Å². The molecule has 3 rings (SSSR count). The molecule has 3 aromatic rings. The van der Waals surface area contributed by atoms with Crippen LogP contribution in [0.2, 0.25) is 0 Å². The van der Waals surface area contributed by atoms with Crippen LogP contribution in [-0.2, 0) is 4.79 Å². The van der Waals surface area contributed by atoms with Crippen LogP contribution in [-0.4, -0.2) is 20.7 Å². The van der Waals surface area contributed by atoms with Crippen LogP contribution < -0.4 is 5.32 Å². The molecule has 1 N–H and O–H groups in total. The average molecular weight is 290 g/mol. The normalized spacial score (nSPS) is 10.7. The summed E-state index contributed by atoms with van der Waals surface area (Å²) in [5.74, 6) is -0.198. The molecule has 0 bridgehead atoms. The van der Waals surface area contributed by atoms with Crippen molar-refractivity contribution in [1.82, 2.24) is 14.8 Å². The molecule has 1 amide bonds. The zero-order valence-electron chi connectivity index (χ0n) is 11.8. The predicted octanol–water partition coefficient (Wildman–Crippen LogP) is 2.92. The van der Waals surface area contributed by atoms with E-state index < -0.39 is 0 Å². The molecule has 0 saturated carbocycles. The third-order valence-corrected chi connectivity index (χ3v) is 3.05. The van der Waals surface area contributed by atoms with E-state index in [2.05, 4.69) is 15.4 Å². The van der Waals surface area contributed by atoms with Crippen molar-refractivity contribution in [3.8, 4) is 5.69 Å². The van der Waals surface area contributed by atoms with E-state index in [1.54, 1.807) is 17.1 Å². The van der Waals surface area contributed by atoms with Gasteiger partial charge in [-0.3, -0.25) is 4.79 Å². The first kappa shape index (κ1) is 13.8. The highest BCUT2D eigenvalue weighted by Gasteiger charge is 2.06. The Bertz CT molecular complexity index is 779. The second-order valence-corrected chi connectivity index (χ2v) is 4.59. The molecule has 1 aromatic heterocycles. The molecule has 0 radical (unpaired) electrons. The number of benzene rings is 2. The monoisotopic (exact) mass is 290 g/mol. The van der Waals surface area contributed by atoms with E-state index in [0.717, 1.165) is 11.3 Å². The quantitative estimate of drug-likeness (QED) is 0.752. The molecule has 0 spiro atoms. The molecular formula is C17H14N4O. The lowest BCUT2D eigenvalue weighted by Gasteiger charge is -2.08. The second-order valence-electron chi connectivity index (χ2n) is 4.59. The van der Waals surface area contributed by atoms with Crippen molar-refractivity contribution in [2.75, 3.05) is 5.32 Å². The van der Waals surface area contributed by atoms with Crippen LogP contribution in [0.5, 0.6) is 0 Å². The number of carbonyl (C=O) groups excluding carboxylic acids is 1. The van der Waals surface area contributed by atoms with Gasteiger partial charge >= 0.3 is 0 Å². The summed E-state index contributed by atoms with van der Waals surface area (Å²) in [5, 5.41) is 6.94. The zero-order chi connectivity index (χ0) is 15.2. The molecule has 0 atom stereocenters. The number of hydrogen-bond acceptors (Lipinski definition) is 3. The van der Waals surface area contributed by atoms with Crippen molar-refractivity contribution in [2.24, 2.45) is 0 Å². The number of hydrogen-bond donors (Lipinski definition) is 1. The van der Waals surface area contributed by atoms with Gasteiger partial charge in [0.1, 0.15) is 12.7 Å². The maximum Gasteiger partial charge on any atom is 0.248 e. The summed E-state index contributed by atoms with van der Waals surface area (Å²) in [7, 11) is 0. The number of para-hydroxylation sites is 2. The highest BCUT2D eigenvalue weighted by atomic mass is 16.1. The molecule has 0 saturated heterocycles. The number of nitrogens with one attached hydrogen (secondary N) is 1. The summed E-state index contributed by atoms with van der Waals surface area (Å²) in [6.45, 7) is 0. The number of carbonyl (C=O) groups is 1. The van der Waals surface area contributed by atoms with Crippen LogP contribution in [0.25, 0.3) is 11.8 Å². The lowest BCUT2D eigenvalue weighted by Crippen LogP contribution is -2.10. The van der Waals surface area contributed by atoms with Crippen molar-refractivity contribution in [3.05, 3.63) is 78.9 Å². The van der Waals surface area contributed by atoms with Crippen LogP contribution >= 0.6 is 0 Å². The predicted molar refractivity (Wildman–Crippen MR) is 85.5 cm³/mol. The van der Waals surface area contributed by atoms with E-state index >= 15 is 0 Å². The first-order valence-electron chi connectivity index (χ1n) is 6.81. The van der Waals surface area contributed by atoms with E-state index in [4.69, 9.17) is 0 Å². The van der Waals surface area contributed by atoms with Gasteiger partial charge in [0.2, 0.25) is 5.91 Å². The van der Waals surface area contributed by atoms with E-state index in [-0.39, 0.29) is 5.91 Å².